The summed E-state index contributed by atoms with van der Waals surface area (Å²) in [7, 11) is 0. The third-order valence-corrected chi connectivity index (χ3v) is 8.40. The number of amides is 2. The molecule has 0 spiro atoms. The van der Waals surface area contributed by atoms with Crippen LogP contribution in [0.3, 0.4) is 0 Å². The lowest BCUT2D eigenvalue weighted by Gasteiger charge is -2.33. The number of nitrogens with one attached hydrogen (secondary N) is 2. The van der Waals surface area contributed by atoms with Gasteiger partial charge < -0.3 is 19.9 Å². The summed E-state index contributed by atoms with van der Waals surface area (Å²) >= 11 is 0. The molecule has 39 heavy (non-hydrogen) atoms. The normalized spacial score (nSPS) is 19.1. The Bertz CT molecular complexity index is 1370. The van der Waals surface area contributed by atoms with Crippen LogP contribution in [0.4, 0.5) is 4.79 Å². The van der Waals surface area contributed by atoms with Gasteiger partial charge in [-0.1, -0.05) is 23.3 Å². The molecule has 208 valence electrons. The summed E-state index contributed by atoms with van der Waals surface area (Å²) in [5.41, 5.74) is 6.62. The van der Waals surface area contributed by atoms with Crippen LogP contribution in [-0.2, 0) is 21.4 Å². The summed E-state index contributed by atoms with van der Waals surface area (Å²) in [4.78, 5) is 32.1. The number of aromatic nitrogens is 1. The first-order chi connectivity index (χ1) is 18.3. The van der Waals surface area contributed by atoms with Crippen molar-refractivity contribution >= 4 is 22.9 Å². The number of aryl methyl sites for hydroxylation is 2. The van der Waals surface area contributed by atoms with E-state index in [2.05, 4.69) is 79.3 Å². The van der Waals surface area contributed by atoms with Gasteiger partial charge in [0.05, 0.1) is 5.41 Å². The van der Waals surface area contributed by atoms with Crippen molar-refractivity contribution in [2.24, 2.45) is 0 Å². The lowest BCUT2D eigenvalue weighted by Crippen LogP contribution is -2.45. The maximum atomic E-state index is 13.9. The number of hydrogen-bond acceptors (Lipinski definition) is 3. The maximum Gasteiger partial charge on any atom is 0.407 e. The van der Waals surface area contributed by atoms with Gasteiger partial charge in [0.2, 0.25) is 5.91 Å². The summed E-state index contributed by atoms with van der Waals surface area (Å²) in [5, 5.41) is 4.02. The molecule has 2 fully saturated rings. The van der Waals surface area contributed by atoms with E-state index >= 15 is 0 Å². The molecule has 3 aromatic rings. The zero-order valence-corrected chi connectivity index (χ0v) is 24.5. The van der Waals surface area contributed by atoms with E-state index in [4.69, 9.17) is 4.74 Å². The number of fused-ring (bicyclic) bond motifs is 3. The lowest BCUT2D eigenvalue weighted by molar-refractivity contribution is -0.137. The average molecular weight is 530 g/mol. The van der Waals surface area contributed by atoms with Gasteiger partial charge in [0, 0.05) is 35.2 Å². The Morgan fingerprint density at radius 2 is 1.56 bits per heavy atom. The molecule has 1 aromatic heterocycles. The quantitative estimate of drug-likeness (QED) is 0.363. The molecule has 3 heterocycles. The van der Waals surface area contributed by atoms with E-state index in [1.807, 2.05) is 20.8 Å². The molecule has 0 aliphatic carbocycles. The number of alkyl carbamates (subject to hydrolysis) is 1. The predicted octanol–water partition coefficient (Wildman–Crippen LogP) is 6.95. The van der Waals surface area contributed by atoms with Crippen LogP contribution in [0.1, 0.15) is 82.6 Å². The second-order valence-electron chi connectivity index (χ2n) is 13.1. The zero-order valence-electron chi connectivity index (χ0n) is 24.5. The number of carbonyl (C=O) groups excluding carboxylic acids is 2. The summed E-state index contributed by atoms with van der Waals surface area (Å²) in [5.74, 6) is 0.241. The van der Waals surface area contributed by atoms with Crippen molar-refractivity contribution in [1.29, 1.82) is 0 Å². The highest BCUT2D eigenvalue weighted by molar-refractivity contribution is 5.94. The number of aromatic amines is 1. The maximum absolute atomic E-state index is 13.9. The van der Waals surface area contributed by atoms with Crippen LogP contribution in [0, 0.1) is 13.8 Å². The van der Waals surface area contributed by atoms with E-state index in [9.17, 15) is 9.59 Å². The van der Waals surface area contributed by atoms with Gasteiger partial charge >= 0.3 is 6.09 Å². The monoisotopic (exact) mass is 529 g/mol. The first kappa shape index (κ1) is 27.3. The largest absolute Gasteiger partial charge is 0.444 e. The van der Waals surface area contributed by atoms with E-state index in [1.165, 1.54) is 11.1 Å². The van der Waals surface area contributed by atoms with Crippen LogP contribution >= 0.6 is 0 Å². The molecule has 2 amide bonds. The molecule has 0 radical (unpaired) electrons. The topological polar surface area (TPSA) is 74.4 Å². The van der Waals surface area contributed by atoms with Gasteiger partial charge in [-0.15, -0.1) is 0 Å². The van der Waals surface area contributed by atoms with Gasteiger partial charge in [-0.05, 0) is 122 Å². The highest BCUT2D eigenvalue weighted by atomic mass is 16.6. The Balaban J connectivity index is 1.51. The van der Waals surface area contributed by atoms with Gasteiger partial charge in [0.25, 0.3) is 0 Å². The molecule has 2 bridgehead atoms. The predicted molar refractivity (Wildman–Crippen MR) is 157 cm³/mol. The molecular weight excluding hydrogens is 486 g/mol. The van der Waals surface area contributed by atoms with Gasteiger partial charge in [0.15, 0.2) is 0 Å². The second-order valence-corrected chi connectivity index (χ2v) is 13.1. The van der Waals surface area contributed by atoms with E-state index in [0.29, 0.717) is 25.0 Å². The molecular formula is C33H43N3O3. The van der Waals surface area contributed by atoms with Crippen molar-refractivity contribution in [2.75, 3.05) is 6.54 Å². The van der Waals surface area contributed by atoms with Crippen LogP contribution < -0.4 is 5.32 Å². The Morgan fingerprint density at radius 3 is 2.15 bits per heavy atom. The summed E-state index contributed by atoms with van der Waals surface area (Å²) < 4.78 is 5.45. The van der Waals surface area contributed by atoms with E-state index in [1.54, 1.807) is 0 Å². The summed E-state index contributed by atoms with van der Waals surface area (Å²) in [6, 6.07) is 13.8. The third-order valence-electron chi connectivity index (χ3n) is 8.40. The molecule has 2 saturated heterocycles. The standard InChI is InChI=1S/C33H43N3O3/c1-20-16-21(2)18-22(17-20)29-26(14-15-34-31(38)39-32(3,4)5)27-19-23(8-13-28(27)35-29)33(6,7)30(37)36-24-9-10-25(36)12-11-24/h8,13,16-19,24-25,35H,9-12,14-15H2,1-7H3,(H,34,38). The number of nitrogens with zero attached hydrogens (tertiary/aromatic N) is 1. The third kappa shape index (κ3) is 5.43. The van der Waals surface area contributed by atoms with Crippen LogP contribution in [0.5, 0.6) is 0 Å². The first-order valence-electron chi connectivity index (χ1n) is 14.4. The van der Waals surface area contributed by atoms with Crippen molar-refractivity contribution in [3.8, 4) is 11.3 Å². The van der Waals surface area contributed by atoms with Crippen LogP contribution in [0.2, 0.25) is 0 Å². The van der Waals surface area contributed by atoms with E-state index in [0.717, 1.165) is 59.0 Å². The minimum Gasteiger partial charge on any atom is -0.444 e. The molecule has 6 heteroatoms. The highest BCUT2D eigenvalue weighted by Crippen LogP contribution is 2.42. The lowest BCUT2D eigenvalue weighted by atomic mass is 9.82. The first-order valence-corrected chi connectivity index (χ1v) is 14.4. The summed E-state index contributed by atoms with van der Waals surface area (Å²) in [6.07, 6.45) is 4.77. The van der Waals surface area contributed by atoms with E-state index in [-0.39, 0.29) is 5.91 Å². The van der Waals surface area contributed by atoms with Gasteiger partial charge in [-0.2, -0.15) is 0 Å². The van der Waals surface area contributed by atoms with Gasteiger partial charge in [-0.25, -0.2) is 4.79 Å². The number of carbonyl (C=O) groups is 2. The molecule has 5 rings (SSSR count). The van der Waals surface area contributed by atoms with Crippen LogP contribution in [0.25, 0.3) is 22.2 Å². The fraction of sp³-hybridized carbons (Fsp3) is 0.515. The van der Waals surface area contributed by atoms with Gasteiger partial charge in [0.1, 0.15) is 5.60 Å². The molecule has 2 aliphatic rings. The average Bonchev–Trinajstić information content (AvgIpc) is 3.54. The molecule has 0 unspecified atom stereocenters. The SMILES string of the molecule is Cc1cc(C)cc(-c2[nH]c3ccc(C(C)(C)C(=O)N4C5CCC4CC5)cc3c2CCNC(=O)OC(C)(C)C)c1. The van der Waals surface area contributed by atoms with E-state index < -0.39 is 17.1 Å². The Morgan fingerprint density at radius 1 is 0.949 bits per heavy atom. The van der Waals surface area contributed by atoms with Gasteiger partial charge in [-0.3, -0.25) is 4.79 Å². The number of ether oxygens (including phenoxy) is 1. The Labute approximate surface area is 232 Å². The molecule has 2 aromatic carbocycles. The summed E-state index contributed by atoms with van der Waals surface area (Å²) in [6.45, 7) is 14.4. The number of benzene rings is 2. The molecule has 0 saturated carbocycles. The van der Waals surface area contributed by atoms with Crippen LogP contribution in [-0.4, -0.2) is 46.1 Å². The fourth-order valence-corrected chi connectivity index (χ4v) is 6.56. The minimum absolute atomic E-state index is 0.241. The molecule has 0 atom stereocenters. The smallest absolute Gasteiger partial charge is 0.407 e. The van der Waals surface area contributed by atoms with Crippen molar-refractivity contribution in [1.82, 2.24) is 15.2 Å². The Kier molecular flexibility index (Phi) is 7.02. The number of rotatable bonds is 6. The van der Waals surface area contributed by atoms with Crippen molar-refractivity contribution < 1.29 is 14.3 Å². The van der Waals surface area contributed by atoms with Crippen LogP contribution in [0.15, 0.2) is 36.4 Å². The Hall–Kier alpha value is -3.28. The second kappa shape index (κ2) is 10.0. The highest BCUT2D eigenvalue weighted by Gasteiger charge is 2.46. The number of H-pyrrole nitrogens is 1. The van der Waals surface area contributed by atoms with Crippen molar-refractivity contribution in [3.63, 3.8) is 0 Å². The molecule has 2 aliphatic heterocycles. The fourth-order valence-electron chi connectivity index (χ4n) is 6.56. The van der Waals surface area contributed by atoms with Crippen molar-refractivity contribution in [3.05, 3.63) is 58.7 Å². The zero-order chi connectivity index (χ0) is 28.1. The molecule has 2 N–H and O–H groups in total. The number of hydrogen-bond donors (Lipinski definition) is 2. The molecule has 6 nitrogen and oxygen atoms in total. The van der Waals surface area contributed by atoms with Crippen molar-refractivity contribution in [2.45, 2.75) is 104 Å². The minimum atomic E-state index is -0.622.